The molecule has 4 aromatic heterocycles. The van der Waals surface area contributed by atoms with Crippen LogP contribution in [-0.4, -0.2) is 73.2 Å². The van der Waals surface area contributed by atoms with Gasteiger partial charge in [0, 0.05) is 61.9 Å². The zero-order chi connectivity index (χ0) is 28.7. The molecular formula is C28H29N7O5S. The molecule has 1 amide bonds. The van der Waals surface area contributed by atoms with Gasteiger partial charge in [0.05, 0.1) is 17.4 Å². The molecule has 2 saturated heterocycles. The first-order valence-electron chi connectivity index (χ1n) is 13.5. The zero-order valence-corrected chi connectivity index (χ0v) is 23.5. The van der Waals surface area contributed by atoms with E-state index >= 15 is 0 Å². The summed E-state index contributed by atoms with van der Waals surface area (Å²) in [6.45, 7) is 5.89. The number of aromatic carboxylic acids is 1. The number of rotatable bonds is 7. The van der Waals surface area contributed by atoms with Gasteiger partial charge in [-0.3, -0.25) is 19.1 Å². The molecule has 1 unspecified atom stereocenters. The van der Waals surface area contributed by atoms with Crippen LogP contribution in [0.1, 0.15) is 40.7 Å². The largest absolute Gasteiger partial charge is 0.477 e. The lowest BCUT2D eigenvalue weighted by molar-refractivity contribution is -0.126. The third kappa shape index (κ3) is 5.30. The molecule has 6 rings (SSSR count). The molecule has 4 aromatic rings. The fourth-order valence-corrected chi connectivity index (χ4v) is 5.87. The minimum absolute atomic E-state index is 0.0111. The number of carboxylic acid groups (broad SMARTS) is 1. The normalized spacial score (nSPS) is 17.4. The lowest BCUT2D eigenvalue weighted by Crippen LogP contribution is -2.55. The maximum absolute atomic E-state index is 13.2. The highest BCUT2D eigenvalue weighted by Gasteiger charge is 2.34. The predicted octanol–water partition coefficient (Wildman–Crippen LogP) is 2.74. The number of pyridine rings is 3. The third-order valence-corrected chi connectivity index (χ3v) is 8.20. The number of hydrogen-bond acceptors (Lipinski definition) is 10. The van der Waals surface area contributed by atoms with E-state index in [1.54, 1.807) is 25.4 Å². The van der Waals surface area contributed by atoms with Crippen LogP contribution in [0.5, 0.6) is 0 Å². The molecular weight excluding hydrogens is 546 g/mol. The van der Waals surface area contributed by atoms with Crippen LogP contribution in [0.25, 0.3) is 27.6 Å². The van der Waals surface area contributed by atoms with Crippen LogP contribution in [0.3, 0.4) is 0 Å². The van der Waals surface area contributed by atoms with Crippen LogP contribution >= 0.6 is 11.5 Å². The third-order valence-electron chi connectivity index (χ3n) is 7.48. The number of nitrogens with one attached hydrogen (secondary N) is 1. The van der Waals surface area contributed by atoms with Crippen molar-refractivity contribution >= 4 is 40.3 Å². The number of amides is 1. The monoisotopic (exact) mass is 575 g/mol. The summed E-state index contributed by atoms with van der Waals surface area (Å²) in [6, 6.07) is 3.66. The molecule has 212 valence electrons. The SMILES string of the molecule is Cc1cncc(-c2nsc(-n3cc(C(=O)O)c(=O)c4c(C)cc(N5CC(C(=O)NCC6CCCCO6)C5)nc43)n2)c1. The van der Waals surface area contributed by atoms with Gasteiger partial charge >= 0.3 is 5.97 Å². The second kappa shape index (κ2) is 11.0. The number of aromatic nitrogens is 5. The predicted molar refractivity (Wildman–Crippen MR) is 153 cm³/mol. The summed E-state index contributed by atoms with van der Waals surface area (Å²) in [4.78, 5) is 53.5. The smallest absolute Gasteiger partial charge is 0.341 e. The molecule has 0 spiro atoms. The first-order valence-corrected chi connectivity index (χ1v) is 14.3. The topological polar surface area (TPSA) is 152 Å². The Balaban J connectivity index is 1.30. The van der Waals surface area contributed by atoms with Crippen LogP contribution in [-0.2, 0) is 9.53 Å². The summed E-state index contributed by atoms with van der Waals surface area (Å²) in [5.74, 6) is -0.492. The Hall–Kier alpha value is -4.23. The number of carbonyl (C=O) groups excluding carboxylic acids is 1. The molecule has 1 atom stereocenters. The fourth-order valence-electron chi connectivity index (χ4n) is 5.20. The second-order valence-electron chi connectivity index (χ2n) is 10.5. The van der Waals surface area contributed by atoms with Crippen molar-refractivity contribution in [2.24, 2.45) is 5.92 Å². The van der Waals surface area contributed by atoms with Crippen LogP contribution in [0, 0.1) is 19.8 Å². The van der Waals surface area contributed by atoms with Crippen LogP contribution in [0.15, 0.2) is 35.5 Å². The van der Waals surface area contributed by atoms with E-state index in [9.17, 15) is 19.5 Å². The van der Waals surface area contributed by atoms with Crippen LogP contribution in [0.2, 0.25) is 0 Å². The van der Waals surface area contributed by atoms with Gasteiger partial charge in [-0.15, -0.1) is 0 Å². The van der Waals surface area contributed by atoms with Crippen molar-refractivity contribution in [2.45, 2.75) is 39.2 Å². The molecule has 6 heterocycles. The highest BCUT2D eigenvalue weighted by Crippen LogP contribution is 2.29. The summed E-state index contributed by atoms with van der Waals surface area (Å²) >= 11 is 1.07. The van der Waals surface area contributed by atoms with E-state index < -0.39 is 11.4 Å². The quantitative estimate of drug-likeness (QED) is 0.336. The number of fused-ring (bicyclic) bond motifs is 1. The molecule has 0 aromatic carbocycles. The maximum atomic E-state index is 13.2. The number of hydrogen-bond donors (Lipinski definition) is 2. The number of carboxylic acids is 1. The minimum Gasteiger partial charge on any atom is -0.477 e. The first-order chi connectivity index (χ1) is 19.8. The van der Waals surface area contributed by atoms with Crippen molar-refractivity contribution in [1.82, 2.24) is 29.2 Å². The Labute approximate surface area is 239 Å². The fraction of sp³-hybridized carbons (Fsp3) is 0.393. The van der Waals surface area contributed by atoms with Crippen molar-refractivity contribution in [2.75, 3.05) is 31.1 Å². The minimum atomic E-state index is -1.34. The van der Waals surface area contributed by atoms with Crippen molar-refractivity contribution in [1.29, 1.82) is 0 Å². The number of carbonyl (C=O) groups is 2. The molecule has 2 aliphatic rings. The molecule has 0 aliphatic carbocycles. The Bertz CT molecular complexity index is 1710. The van der Waals surface area contributed by atoms with E-state index in [2.05, 4.69) is 19.7 Å². The molecule has 2 N–H and O–H groups in total. The maximum Gasteiger partial charge on any atom is 0.341 e. The van der Waals surface area contributed by atoms with E-state index in [4.69, 9.17) is 9.72 Å². The zero-order valence-electron chi connectivity index (χ0n) is 22.7. The highest BCUT2D eigenvalue weighted by atomic mass is 32.1. The van der Waals surface area contributed by atoms with Crippen molar-refractivity contribution in [3.05, 3.63) is 57.6 Å². The van der Waals surface area contributed by atoms with Gasteiger partial charge in [0.25, 0.3) is 0 Å². The Morgan fingerprint density at radius 3 is 2.73 bits per heavy atom. The van der Waals surface area contributed by atoms with Gasteiger partial charge in [0.2, 0.25) is 16.5 Å². The summed E-state index contributed by atoms with van der Waals surface area (Å²) < 4.78 is 11.7. The molecule has 0 radical (unpaired) electrons. The van der Waals surface area contributed by atoms with Gasteiger partial charge < -0.3 is 20.1 Å². The lowest BCUT2D eigenvalue weighted by Gasteiger charge is -2.39. The van der Waals surface area contributed by atoms with Gasteiger partial charge in [-0.2, -0.15) is 9.36 Å². The van der Waals surface area contributed by atoms with Crippen molar-refractivity contribution in [3.8, 4) is 16.5 Å². The molecule has 2 aliphatic heterocycles. The van der Waals surface area contributed by atoms with Crippen molar-refractivity contribution in [3.63, 3.8) is 0 Å². The van der Waals surface area contributed by atoms with E-state index in [-0.39, 0.29) is 34.5 Å². The van der Waals surface area contributed by atoms with E-state index in [1.165, 1.54) is 10.8 Å². The molecule has 0 bridgehead atoms. The Morgan fingerprint density at radius 1 is 1.17 bits per heavy atom. The summed E-state index contributed by atoms with van der Waals surface area (Å²) in [6.07, 6.45) is 7.85. The number of nitrogens with zero attached hydrogens (tertiary/aromatic N) is 6. The number of ether oxygens (including phenoxy) is 1. The standard InChI is InChI=1S/C28H29N7O5S/c1-15-7-17(10-29-9-15)24-32-28(41-33-24)35-14-20(27(38)39)23(36)22-16(2)8-21(31-25(22)35)34-12-18(13-34)26(37)30-11-19-5-3-4-6-40-19/h7-10,14,18-19H,3-6,11-13H2,1-2H3,(H,30,37)(H,38,39). The second-order valence-corrected chi connectivity index (χ2v) is 11.3. The number of anilines is 1. The van der Waals surface area contributed by atoms with E-state index in [0.717, 1.165) is 48.5 Å². The summed E-state index contributed by atoms with van der Waals surface area (Å²) in [5, 5.41) is 13.3. The Kier molecular flexibility index (Phi) is 7.22. The average Bonchev–Trinajstić information content (AvgIpc) is 3.42. The van der Waals surface area contributed by atoms with Gasteiger partial charge in [0.1, 0.15) is 11.4 Å². The summed E-state index contributed by atoms with van der Waals surface area (Å²) in [5.41, 5.74) is 1.54. The molecule has 12 nitrogen and oxygen atoms in total. The van der Waals surface area contributed by atoms with Gasteiger partial charge in [-0.1, -0.05) is 0 Å². The van der Waals surface area contributed by atoms with Gasteiger partial charge in [-0.05, 0) is 56.4 Å². The Morgan fingerprint density at radius 2 is 2.00 bits per heavy atom. The molecule has 2 fully saturated rings. The van der Waals surface area contributed by atoms with Crippen LogP contribution < -0.4 is 15.6 Å². The summed E-state index contributed by atoms with van der Waals surface area (Å²) in [7, 11) is 0. The lowest BCUT2D eigenvalue weighted by atomic mass is 9.98. The molecule has 41 heavy (non-hydrogen) atoms. The highest BCUT2D eigenvalue weighted by molar-refractivity contribution is 7.08. The van der Waals surface area contributed by atoms with Crippen LogP contribution in [0.4, 0.5) is 5.82 Å². The molecule has 13 heteroatoms. The first kappa shape index (κ1) is 27.0. The van der Waals surface area contributed by atoms with Gasteiger partial charge in [0.15, 0.2) is 11.5 Å². The van der Waals surface area contributed by atoms with Crippen molar-refractivity contribution < 1.29 is 19.4 Å². The molecule has 0 saturated carbocycles. The van der Waals surface area contributed by atoms with Gasteiger partial charge in [-0.25, -0.2) is 9.78 Å². The van der Waals surface area contributed by atoms with E-state index in [1.807, 2.05) is 17.9 Å². The number of aryl methyl sites for hydroxylation is 2. The van der Waals surface area contributed by atoms with E-state index in [0.29, 0.717) is 42.0 Å². The average molecular weight is 576 g/mol.